The van der Waals surface area contributed by atoms with Gasteiger partial charge in [-0.1, -0.05) is 12.1 Å². The Morgan fingerprint density at radius 2 is 2.00 bits per heavy atom. The molecule has 4 rings (SSSR count). The quantitative estimate of drug-likeness (QED) is 0.745. The lowest BCUT2D eigenvalue weighted by Crippen LogP contribution is -2.25. The van der Waals surface area contributed by atoms with Crippen molar-refractivity contribution in [3.63, 3.8) is 0 Å². The van der Waals surface area contributed by atoms with Crippen molar-refractivity contribution in [2.24, 2.45) is 0 Å². The van der Waals surface area contributed by atoms with E-state index in [2.05, 4.69) is 10.3 Å². The molecule has 8 heteroatoms. The number of methoxy groups -OCH3 is 2. The molecule has 1 N–H and O–H groups in total. The molecule has 0 spiro atoms. The second-order valence-corrected chi connectivity index (χ2v) is 6.33. The zero-order valence-electron chi connectivity index (χ0n) is 15.2. The van der Waals surface area contributed by atoms with E-state index in [0.717, 1.165) is 6.07 Å². The minimum Gasteiger partial charge on any atom is -0.497 e. The van der Waals surface area contributed by atoms with Crippen LogP contribution in [0, 0.1) is 11.6 Å². The third-order valence-corrected chi connectivity index (χ3v) is 4.78. The van der Waals surface area contributed by atoms with E-state index in [0.29, 0.717) is 28.7 Å². The van der Waals surface area contributed by atoms with Gasteiger partial charge in [-0.15, -0.1) is 0 Å². The number of nitrogens with zero attached hydrogens (tertiary/aromatic N) is 2. The highest BCUT2D eigenvalue weighted by atomic mass is 19.2. The SMILES string of the molecule is COc1ccc(OC)c(-n2cnc3c2NC(=O)C[C@H]3c2cccc(F)c2F)c1. The monoisotopic (exact) mass is 385 g/mol. The van der Waals surface area contributed by atoms with Gasteiger partial charge in [0, 0.05) is 24.0 Å². The molecule has 3 aromatic rings. The number of carbonyl (C=O) groups excluding carboxylic acids is 1. The van der Waals surface area contributed by atoms with Gasteiger partial charge < -0.3 is 14.8 Å². The molecule has 1 aliphatic rings. The summed E-state index contributed by atoms with van der Waals surface area (Å²) >= 11 is 0. The predicted octanol–water partition coefficient (Wildman–Crippen LogP) is 3.64. The first-order valence-electron chi connectivity index (χ1n) is 8.57. The summed E-state index contributed by atoms with van der Waals surface area (Å²) < 4.78 is 40.4. The van der Waals surface area contributed by atoms with E-state index >= 15 is 0 Å². The molecule has 0 saturated carbocycles. The van der Waals surface area contributed by atoms with Gasteiger partial charge in [0.1, 0.15) is 23.6 Å². The molecule has 0 unspecified atom stereocenters. The zero-order valence-corrected chi connectivity index (χ0v) is 15.2. The Hall–Kier alpha value is -3.42. The summed E-state index contributed by atoms with van der Waals surface area (Å²) in [6, 6.07) is 9.14. The van der Waals surface area contributed by atoms with Crippen LogP contribution in [0.4, 0.5) is 14.6 Å². The van der Waals surface area contributed by atoms with E-state index < -0.39 is 17.6 Å². The van der Waals surface area contributed by atoms with Crippen LogP contribution in [0.2, 0.25) is 0 Å². The van der Waals surface area contributed by atoms with Crippen molar-refractivity contribution in [2.45, 2.75) is 12.3 Å². The summed E-state index contributed by atoms with van der Waals surface area (Å²) in [6.07, 6.45) is 1.48. The maximum atomic E-state index is 14.4. The Kier molecular flexibility index (Phi) is 4.46. The van der Waals surface area contributed by atoms with Crippen LogP contribution in [0.1, 0.15) is 23.6 Å². The van der Waals surface area contributed by atoms with Crippen LogP contribution in [0.3, 0.4) is 0 Å². The van der Waals surface area contributed by atoms with Crippen LogP contribution in [0.25, 0.3) is 5.69 Å². The molecule has 2 heterocycles. The minimum absolute atomic E-state index is 0.0281. The van der Waals surface area contributed by atoms with Crippen molar-refractivity contribution in [3.8, 4) is 17.2 Å². The highest BCUT2D eigenvalue weighted by Gasteiger charge is 2.33. The molecule has 0 fully saturated rings. The van der Waals surface area contributed by atoms with E-state index in [9.17, 15) is 13.6 Å². The zero-order chi connectivity index (χ0) is 19.8. The van der Waals surface area contributed by atoms with Gasteiger partial charge >= 0.3 is 0 Å². The first kappa shape index (κ1) is 18.0. The number of ether oxygens (including phenoxy) is 2. The number of rotatable bonds is 4. The number of amides is 1. The summed E-state index contributed by atoms with van der Waals surface area (Å²) in [5.74, 6) is -1.43. The van der Waals surface area contributed by atoms with Crippen molar-refractivity contribution >= 4 is 11.7 Å². The molecule has 6 nitrogen and oxygen atoms in total. The van der Waals surface area contributed by atoms with Gasteiger partial charge in [0.05, 0.1) is 25.6 Å². The van der Waals surface area contributed by atoms with Crippen LogP contribution in [-0.2, 0) is 4.79 Å². The van der Waals surface area contributed by atoms with Crippen molar-refractivity contribution in [3.05, 3.63) is 65.6 Å². The number of imidazole rings is 1. The largest absolute Gasteiger partial charge is 0.497 e. The standard InChI is InChI=1S/C20H17F2N3O3/c1-27-11-6-7-16(28-2)15(8-11)25-10-23-19-13(9-17(26)24-20(19)25)12-4-3-5-14(21)18(12)22/h3-8,10,13H,9H2,1-2H3,(H,24,26)/t13-/m0/s1. The van der Waals surface area contributed by atoms with Crippen LogP contribution < -0.4 is 14.8 Å². The average molecular weight is 385 g/mol. The molecule has 144 valence electrons. The summed E-state index contributed by atoms with van der Waals surface area (Å²) in [4.78, 5) is 16.7. The number of carbonyl (C=O) groups is 1. The van der Waals surface area contributed by atoms with Crippen LogP contribution >= 0.6 is 0 Å². The van der Waals surface area contributed by atoms with Crippen LogP contribution in [-0.4, -0.2) is 29.7 Å². The summed E-state index contributed by atoms with van der Waals surface area (Å²) in [5, 5.41) is 2.78. The third kappa shape index (κ3) is 2.87. The van der Waals surface area contributed by atoms with E-state index in [4.69, 9.17) is 9.47 Å². The first-order chi connectivity index (χ1) is 13.5. The van der Waals surface area contributed by atoms with Gasteiger partial charge in [0.25, 0.3) is 0 Å². The molecule has 0 bridgehead atoms. The normalized spacial score (nSPS) is 15.7. The Morgan fingerprint density at radius 1 is 1.18 bits per heavy atom. The Morgan fingerprint density at radius 3 is 2.75 bits per heavy atom. The van der Waals surface area contributed by atoms with Gasteiger partial charge in [0.2, 0.25) is 5.91 Å². The third-order valence-electron chi connectivity index (χ3n) is 4.78. The lowest BCUT2D eigenvalue weighted by Gasteiger charge is -2.24. The van der Waals surface area contributed by atoms with Crippen molar-refractivity contribution in [2.75, 3.05) is 19.5 Å². The maximum Gasteiger partial charge on any atom is 0.226 e. The van der Waals surface area contributed by atoms with E-state index in [-0.39, 0.29) is 17.9 Å². The van der Waals surface area contributed by atoms with Gasteiger partial charge in [-0.25, -0.2) is 13.8 Å². The second-order valence-electron chi connectivity index (χ2n) is 6.33. The maximum absolute atomic E-state index is 14.4. The van der Waals surface area contributed by atoms with E-state index in [1.807, 2.05) is 0 Å². The number of nitrogens with one attached hydrogen (secondary N) is 1. The molecule has 2 aromatic carbocycles. The molecule has 1 amide bonds. The summed E-state index contributed by atoms with van der Waals surface area (Å²) in [7, 11) is 3.07. The lowest BCUT2D eigenvalue weighted by molar-refractivity contribution is -0.116. The number of hydrogen-bond acceptors (Lipinski definition) is 4. The molecule has 1 aromatic heterocycles. The fourth-order valence-electron chi connectivity index (χ4n) is 3.42. The number of halogens is 2. The molecular formula is C20H17F2N3O3. The summed E-state index contributed by atoms with van der Waals surface area (Å²) in [6.45, 7) is 0. The second kappa shape index (κ2) is 6.95. The first-order valence-corrected chi connectivity index (χ1v) is 8.57. The molecule has 0 saturated heterocycles. The highest BCUT2D eigenvalue weighted by Crippen LogP contribution is 2.40. The molecule has 28 heavy (non-hydrogen) atoms. The highest BCUT2D eigenvalue weighted by molar-refractivity contribution is 5.94. The predicted molar refractivity (Wildman–Crippen MR) is 98.1 cm³/mol. The number of hydrogen-bond donors (Lipinski definition) is 1. The molecular weight excluding hydrogens is 368 g/mol. The molecule has 0 aliphatic carbocycles. The van der Waals surface area contributed by atoms with Gasteiger partial charge in [-0.3, -0.25) is 9.36 Å². The van der Waals surface area contributed by atoms with Crippen LogP contribution in [0.15, 0.2) is 42.7 Å². The van der Waals surface area contributed by atoms with Gasteiger partial charge in [0.15, 0.2) is 11.6 Å². The number of benzene rings is 2. The van der Waals surface area contributed by atoms with E-state index in [1.54, 1.807) is 29.9 Å². The smallest absolute Gasteiger partial charge is 0.226 e. The molecule has 1 atom stereocenters. The Balaban J connectivity index is 1.87. The number of fused-ring (bicyclic) bond motifs is 1. The minimum atomic E-state index is -0.971. The topological polar surface area (TPSA) is 65.4 Å². The fourth-order valence-corrected chi connectivity index (χ4v) is 3.42. The average Bonchev–Trinajstić information content (AvgIpc) is 3.12. The molecule has 1 aliphatic heterocycles. The molecule has 0 radical (unpaired) electrons. The van der Waals surface area contributed by atoms with Crippen molar-refractivity contribution in [1.29, 1.82) is 0 Å². The summed E-state index contributed by atoms with van der Waals surface area (Å²) in [5.41, 5.74) is 1.14. The van der Waals surface area contributed by atoms with Crippen molar-refractivity contribution < 1.29 is 23.0 Å². The Labute approximate surface area is 159 Å². The number of anilines is 1. The number of aromatic nitrogens is 2. The van der Waals surface area contributed by atoms with Gasteiger partial charge in [-0.05, 0) is 18.2 Å². The Bertz CT molecular complexity index is 1060. The van der Waals surface area contributed by atoms with Crippen LogP contribution in [0.5, 0.6) is 11.5 Å². The van der Waals surface area contributed by atoms with Gasteiger partial charge in [-0.2, -0.15) is 0 Å². The fraction of sp³-hybridized carbons (Fsp3) is 0.200. The van der Waals surface area contributed by atoms with E-state index in [1.165, 1.54) is 25.6 Å². The van der Waals surface area contributed by atoms with Crippen molar-refractivity contribution in [1.82, 2.24) is 9.55 Å². The lowest BCUT2D eigenvalue weighted by atomic mass is 9.89.